The van der Waals surface area contributed by atoms with Crippen LogP contribution in [0.5, 0.6) is 5.75 Å². The van der Waals surface area contributed by atoms with Crippen LogP contribution < -0.4 is 10.1 Å². The van der Waals surface area contributed by atoms with E-state index in [1.807, 2.05) is 0 Å². The zero-order valence-electron chi connectivity index (χ0n) is 14.6. The number of rotatable bonds is 7. The second kappa shape index (κ2) is 8.54. The summed E-state index contributed by atoms with van der Waals surface area (Å²) in [6, 6.07) is 9.79. The van der Waals surface area contributed by atoms with Crippen LogP contribution in [0.25, 0.3) is 0 Å². The van der Waals surface area contributed by atoms with Gasteiger partial charge in [0.25, 0.3) is 0 Å². The van der Waals surface area contributed by atoms with Gasteiger partial charge in [0.2, 0.25) is 0 Å². The number of piperidine rings is 1. The minimum atomic E-state index is 0.621. The minimum Gasteiger partial charge on any atom is -0.497 e. The number of nitrogens with zero attached hydrogens (tertiary/aromatic N) is 1. The molecule has 1 fully saturated rings. The molecule has 1 saturated heterocycles. The summed E-state index contributed by atoms with van der Waals surface area (Å²) in [5.41, 5.74) is 1.40. The van der Waals surface area contributed by atoms with E-state index in [9.17, 15) is 0 Å². The van der Waals surface area contributed by atoms with Gasteiger partial charge in [-0.1, -0.05) is 26.0 Å². The molecular weight excluding hydrogens is 272 g/mol. The van der Waals surface area contributed by atoms with Crippen molar-refractivity contribution in [2.75, 3.05) is 26.7 Å². The highest BCUT2D eigenvalue weighted by Crippen LogP contribution is 2.15. The first-order chi connectivity index (χ1) is 10.6. The molecule has 0 bridgehead atoms. The molecule has 1 aliphatic heterocycles. The van der Waals surface area contributed by atoms with Crippen LogP contribution in [0.2, 0.25) is 0 Å². The van der Waals surface area contributed by atoms with Crippen molar-refractivity contribution in [1.29, 1.82) is 0 Å². The van der Waals surface area contributed by atoms with Gasteiger partial charge >= 0.3 is 0 Å². The minimum absolute atomic E-state index is 0.621. The van der Waals surface area contributed by atoms with Gasteiger partial charge in [0, 0.05) is 18.6 Å². The fourth-order valence-corrected chi connectivity index (χ4v) is 2.97. The molecule has 0 saturated carbocycles. The molecule has 1 aliphatic rings. The highest BCUT2D eigenvalue weighted by atomic mass is 16.5. The molecule has 1 aromatic rings. The third kappa shape index (κ3) is 5.29. The molecule has 0 radical (unpaired) electrons. The van der Waals surface area contributed by atoms with E-state index in [1.54, 1.807) is 7.11 Å². The van der Waals surface area contributed by atoms with Gasteiger partial charge in [0.05, 0.1) is 7.11 Å². The Morgan fingerprint density at radius 2 is 1.77 bits per heavy atom. The number of ether oxygens (including phenoxy) is 1. The molecule has 1 atom stereocenters. The van der Waals surface area contributed by atoms with Crippen molar-refractivity contribution in [2.45, 2.75) is 52.1 Å². The zero-order valence-corrected chi connectivity index (χ0v) is 14.6. The van der Waals surface area contributed by atoms with Crippen molar-refractivity contribution in [3.8, 4) is 5.75 Å². The topological polar surface area (TPSA) is 24.5 Å². The molecule has 0 amide bonds. The van der Waals surface area contributed by atoms with Crippen molar-refractivity contribution in [3.63, 3.8) is 0 Å². The van der Waals surface area contributed by atoms with E-state index < -0.39 is 0 Å². The molecule has 3 nitrogen and oxygen atoms in total. The Bertz CT molecular complexity index is 422. The third-order valence-corrected chi connectivity index (χ3v) is 4.96. The third-order valence-electron chi connectivity index (χ3n) is 4.96. The molecule has 1 unspecified atom stereocenters. The number of benzene rings is 1. The molecule has 1 N–H and O–H groups in total. The van der Waals surface area contributed by atoms with E-state index >= 15 is 0 Å². The summed E-state index contributed by atoms with van der Waals surface area (Å²) in [6.07, 6.45) is 3.68. The van der Waals surface area contributed by atoms with Crippen molar-refractivity contribution in [1.82, 2.24) is 10.2 Å². The second-order valence-electron chi connectivity index (χ2n) is 6.91. The number of hydrogen-bond donors (Lipinski definition) is 1. The van der Waals surface area contributed by atoms with Crippen LogP contribution in [-0.2, 0) is 6.42 Å². The van der Waals surface area contributed by atoms with E-state index in [1.165, 1.54) is 38.0 Å². The maximum atomic E-state index is 5.21. The Kier molecular flexibility index (Phi) is 6.71. The lowest BCUT2D eigenvalue weighted by molar-refractivity contribution is 0.188. The van der Waals surface area contributed by atoms with Gasteiger partial charge in [-0.25, -0.2) is 0 Å². The van der Waals surface area contributed by atoms with E-state index in [-0.39, 0.29) is 0 Å². The average Bonchev–Trinajstić information content (AvgIpc) is 2.54. The summed E-state index contributed by atoms with van der Waals surface area (Å²) in [6.45, 7) is 10.5. The van der Waals surface area contributed by atoms with Gasteiger partial charge in [0.1, 0.15) is 5.75 Å². The van der Waals surface area contributed by atoms with E-state index in [4.69, 9.17) is 4.74 Å². The molecule has 2 rings (SSSR count). The van der Waals surface area contributed by atoms with Gasteiger partial charge in [0.15, 0.2) is 0 Å². The van der Waals surface area contributed by atoms with Crippen molar-refractivity contribution < 1.29 is 4.74 Å². The first kappa shape index (κ1) is 17.3. The summed E-state index contributed by atoms with van der Waals surface area (Å²) < 4.78 is 5.21. The summed E-state index contributed by atoms with van der Waals surface area (Å²) in [4.78, 5) is 2.60. The lowest BCUT2D eigenvalue weighted by Crippen LogP contribution is -2.47. The van der Waals surface area contributed by atoms with Gasteiger partial charge in [-0.15, -0.1) is 0 Å². The Morgan fingerprint density at radius 3 is 2.32 bits per heavy atom. The smallest absolute Gasteiger partial charge is 0.118 e. The lowest BCUT2D eigenvalue weighted by atomic mass is 10.00. The Hall–Kier alpha value is -1.06. The monoisotopic (exact) mass is 304 g/mol. The summed E-state index contributed by atoms with van der Waals surface area (Å²) in [5.74, 6) is 1.66. The van der Waals surface area contributed by atoms with Crippen molar-refractivity contribution in [2.24, 2.45) is 5.92 Å². The maximum Gasteiger partial charge on any atom is 0.118 e. The van der Waals surface area contributed by atoms with Crippen LogP contribution in [0.1, 0.15) is 39.2 Å². The number of nitrogens with one attached hydrogen (secondary N) is 1. The number of methoxy groups -OCH3 is 1. The summed E-state index contributed by atoms with van der Waals surface area (Å²) >= 11 is 0. The van der Waals surface area contributed by atoms with Crippen LogP contribution in [0.4, 0.5) is 0 Å². The lowest BCUT2D eigenvalue weighted by Gasteiger charge is -2.34. The van der Waals surface area contributed by atoms with Gasteiger partial charge in [-0.3, -0.25) is 0 Å². The van der Waals surface area contributed by atoms with Crippen molar-refractivity contribution >= 4 is 0 Å². The van der Waals surface area contributed by atoms with Crippen molar-refractivity contribution in [3.05, 3.63) is 29.8 Å². The Balaban J connectivity index is 1.68. The quantitative estimate of drug-likeness (QED) is 0.836. The van der Waals surface area contributed by atoms with Crippen LogP contribution in [-0.4, -0.2) is 43.7 Å². The largest absolute Gasteiger partial charge is 0.497 e. The molecule has 1 heterocycles. The molecule has 0 aliphatic carbocycles. The first-order valence-corrected chi connectivity index (χ1v) is 8.70. The maximum absolute atomic E-state index is 5.21. The average molecular weight is 304 g/mol. The van der Waals surface area contributed by atoms with Crippen LogP contribution in [0, 0.1) is 5.92 Å². The molecule has 0 aromatic heterocycles. The highest BCUT2D eigenvalue weighted by molar-refractivity contribution is 5.27. The van der Waals surface area contributed by atoms with E-state index in [0.717, 1.165) is 12.2 Å². The van der Waals surface area contributed by atoms with Crippen LogP contribution in [0.3, 0.4) is 0 Å². The normalized spacial score (nSPS) is 18.6. The molecule has 22 heavy (non-hydrogen) atoms. The molecule has 124 valence electrons. The zero-order chi connectivity index (χ0) is 15.9. The van der Waals surface area contributed by atoms with Gasteiger partial charge < -0.3 is 15.0 Å². The molecule has 1 aromatic carbocycles. The van der Waals surface area contributed by atoms with Gasteiger partial charge in [-0.05, 0) is 62.9 Å². The second-order valence-corrected chi connectivity index (χ2v) is 6.91. The predicted molar refractivity (Wildman–Crippen MR) is 93.6 cm³/mol. The molecule has 0 spiro atoms. The highest BCUT2D eigenvalue weighted by Gasteiger charge is 2.20. The van der Waals surface area contributed by atoms with E-state index in [0.29, 0.717) is 18.0 Å². The Morgan fingerprint density at radius 1 is 1.14 bits per heavy atom. The molecular formula is C19H32N2O. The SMILES string of the molecule is COc1ccc(CCN2CCC(NC(C)C(C)C)CC2)cc1. The predicted octanol–water partition coefficient (Wildman–Crippen LogP) is 3.34. The number of likely N-dealkylation sites (tertiary alicyclic amines) is 1. The first-order valence-electron chi connectivity index (χ1n) is 8.70. The van der Waals surface area contributed by atoms with Crippen LogP contribution >= 0.6 is 0 Å². The fraction of sp³-hybridized carbons (Fsp3) is 0.684. The standard InChI is InChI=1S/C19H32N2O/c1-15(2)16(3)20-18-10-13-21(14-11-18)12-9-17-5-7-19(22-4)8-6-17/h5-8,15-16,18,20H,9-14H2,1-4H3. The van der Waals surface area contributed by atoms with Crippen LogP contribution in [0.15, 0.2) is 24.3 Å². The Labute approximate surface area is 136 Å². The fourth-order valence-electron chi connectivity index (χ4n) is 2.97. The molecule has 3 heteroatoms. The van der Waals surface area contributed by atoms with E-state index in [2.05, 4.69) is 55.3 Å². The summed E-state index contributed by atoms with van der Waals surface area (Å²) in [5, 5.41) is 3.78. The number of hydrogen-bond acceptors (Lipinski definition) is 3. The summed E-state index contributed by atoms with van der Waals surface area (Å²) in [7, 11) is 1.72. The van der Waals surface area contributed by atoms with Gasteiger partial charge in [-0.2, -0.15) is 0 Å².